The molecular formula is C9H12NNaO5S. The molecule has 0 fully saturated rings. The Labute approximate surface area is 122 Å². The number of likely N-dealkylation sites (N-methyl/N-ethyl adjacent to an activating group) is 1. The molecule has 0 aliphatic rings. The van der Waals surface area contributed by atoms with Crippen molar-refractivity contribution in [1.29, 1.82) is 0 Å². The van der Waals surface area contributed by atoms with Gasteiger partial charge in [-0.1, -0.05) is 6.07 Å². The molecular weight excluding hydrogens is 257 g/mol. The van der Waals surface area contributed by atoms with E-state index in [-0.39, 0.29) is 47.4 Å². The molecule has 0 saturated carbocycles. The van der Waals surface area contributed by atoms with Gasteiger partial charge in [0.05, 0.1) is 5.25 Å². The summed E-state index contributed by atoms with van der Waals surface area (Å²) < 4.78 is 32.9. The van der Waals surface area contributed by atoms with Gasteiger partial charge in [-0.05, 0) is 24.7 Å². The molecule has 0 heterocycles. The van der Waals surface area contributed by atoms with Crippen molar-refractivity contribution in [1.82, 2.24) is 5.32 Å². The van der Waals surface area contributed by atoms with E-state index < -0.39 is 21.1 Å². The third kappa shape index (κ3) is 4.46. The molecule has 0 spiro atoms. The number of benzene rings is 1. The zero-order valence-electron chi connectivity index (χ0n) is 9.54. The second-order valence-electron chi connectivity index (χ2n) is 3.29. The van der Waals surface area contributed by atoms with Gasteiger partial charge in [-0.2, -0.15) is 0 Å². The molecule has 1 unspecified atom stereocenters. The molecule has 3 N–H and O–H groups in total. The third-order valence-electron chi connectivity index (χ3n) is 2.11. The van der Waals surface area contributed by atoms with Crippen LogP contribution in [0.15, 0.2) is 18.2 Å². The number of hydrogen-bond acceptors (Lipinski definition) is 6. The first-order valence-electron chi connectivity index (χ1n) is 4.47. The van der Waals surface area contributed by atoms with Crippen LogP contribution < -0.4 is 34.9 Å². The van der Waals surface area contributed by atoms with Crippen molar-refractivity contribution >= 4 is 10.1 Å². The summed E-state index contributed by atoms with van der Waals surface area (Å²) in [6.07, 6.45) is 0. The summed E-state index contributed by atoms with van der Waals surface area (Å²) in [7, 11) is -3.00. The van der Waals surface area contributed by atoms with E-state index in [0.717, 1.165) is 12.1 Å². The van der Waals surface area contributed by atoms with Crippen LogP contribution in [0.3, 0.4) is 0 Å². The molecule has 0 saturated heterocycles. The van der Waals surface area contributed by atoms with Crippen LogP contribution in [0.2, 0.25) is 0 Å². The van der Waals surface area contributed by atoms with E-state index in [1.54, 1.807) is 0 Å². The van der Waals surface area contributed by atoms with Gasteiger partial charge in [-0.15, -0.1) is 0 Å². The number of aromatic hydroxyl groups is 2. The fourth-order valence-corrected chi connectivity index (χ4v) is 2.16. The quantitative estimate of drug-likeness (QED) is 0.303. The summed E-state index contributed by atoms with van der Waals surface area (Å²) in [6.45, 7) is -0.0595. The van der Waals surface area contributed by atoms with E-state index >= 15 is 0 Å². The van der Waals surface area contributed by atoms with Crippen LogP contribution in [-0.4, -0.2) is 36.8 Å². The molecule has 0 aromatic heterocycles. The first kappa shape index (κ1) is 16.7. The number of phenols is 2. The Morgan fingerprint density at radius 3 is 2.35 bits per heavy atom. The Morgan fingerprint density at radius 2 is 1.94 bits per heavy atom. The second-order valence-corrected chi connectivity index (χ2v) is 4.84. The maximum Gasteiger partial charge on any atom is 1.00 e. The van der Waals surface area contributed by atoms with Gasteiger partial charge in [0.15, 0.2) is 11.5 Å². The number of phenolic OH excluding ortho intramolecular Hbond substituents is 2. The molecule has 1 aromatic rings. The standard InChI is InChI=1S/C9H13NO5S.Na/c1-10-5-9(16(13,14)15)6-2-3-7(11)8(12)4-6;/h2-4,9-12H,5H2,1H3,(H,13,14,15);/q;+1/p-1. The first-order valence-corrected chi connectivity index (χ1v) is 5.94. The average molecular weight is 269 g/mol. The van der Waals surface area contributed by atoms with Gasteiger partial charge in [0.25, 0.3) is 0 Å². The topological polar surface area (TPSA) is 110 Å². The largest absolute Gasteiger partial charge is 1.00 e. The molecule has 0 aliphatic heterocycles. The van der Waals surface area contributed by atoms with E-state index in [9.17, 15) is 18.1 Å². The zero-order chi connectivity index (χ0) is 12.3. The van der Waals surface area contributed by atoms with Crippen LogP contribution in [0, 0.1) is 0 Å². The van der Waals surface area contributed by atoms with Gasteiger partial charge in [-0.25, -0.2) is 8.42 Å². The van der Waals surface area contributed by atoms with Gasteiger partial charge in [-0.3, -0.25) is 0 Å². The number of hydrogen-bond donors (Lipinski definition) is 3. The molecule has 90 valence electrons. The zero-order valence-corrected chi connectivity index (χ0v) is 12.4. The molecule has 0 bridgehead atoms. The average Bonchev–Trinajstić information content (AvgIpc) is 2.17. The van der Waals surface area contributed by atoms with Crippen LogP contribution in [0.1, 0.15) is 10.8 Å². The van der Waals surface area contributed by atoms with Crippen LogP contribution in [0.5, 0.6) is 11.5 Å². The van der Waals surface area contributed by atoms with Gasteiger partial charge in [0.1, 0.15) is 10.1 Å². The van der Waals surface area contributed by atoms with E-state index in [4.69, 9.17) is 5.11 Å². The van der Waals surface area contributed by atoms with E-state index in [1.807, 2.05) is 0 Å². The van der Waals surface area contributed by atoms with Crippen LogP contribution in [-0.2, 0) is 10.1 Å². The molecule has 1 rings (SSSR count). The summed E-state index contributed by atoms with van der Waals surface area (Å²) in [4.78, 5) is 0. The maximum absolute atomic E-state index is 11.0. The molecule has 0 aliphatic carbocycles. The molecule has 0 radical (unpaired) electrons. The normalized spacial score (nSPS) is 12.8. The van der Waals surface area contributed by atoms with Crippen LogP contribution in [0.25, 0.3) is 0 Å². The fourth-order valence-electron chi connectivity index (χ4n) is 1.31. The third-order valence-corrected chi connectivity index (χ3v) is 3.24. The Bertz CT molecular complexity index is 476. The predicted molar refractivity (Wildman–Crippen MR) is 56.1 cm³/mol. The predicted octanol–water partition coefficient (Wildman–Crippen LogP) is -3.09. The Kier molecular flexibility index (Phi) is 6.46. The summed E-state index contributed by atoms with van der Waals surface area (Å²) in [5, 5.41) is 19.6. The minimum atomic E-state index is -4.51. The maximum atomic E-state index is 11.0. The minimum absolute atomic E-state index is 0. The first-order chi connectivity index (χ1) is 7.36. The molecule has 17 heavy (non-hydrogen) atoms. The molecule has 8 heteroatoms. The van der Waals surface area contributed by atoms with Crippen molar-refractivity contribution in [3.63, 3.8) is 0 Å². The van der Waals surface area contributed by atoms with Gasteiger partial charge in [0, 0.05) is 6.54 Å². The van der Waals surface area contributed by atoms with Crippen molar-refractivity contribution in [2.24, 2.45) is 0 Å². The Hall–Kier alpha value is -0.310. The fraction of sp³-hybridized carbons (Fsp3) is 0.333. The summed E-state index contributed by atoms with van der Waals surface area (Å²) in [5.41, 5.74) is 0.139. The van der Waals surface area contributed by atoms with Gasteiger partial charge < -0.3 is 20.1 Å². The summed E-state index contributed by atoms with van der Waals surface area (Å²) >= 11 is 0. The molecule has 6 nitrogen and oxygen atoms in total. The molecule has 1 aromatic carbocycles. The van der Waals surface area contributed by atoms with Crippen molar-refractivity contribution < 1.29 is 52.7 Å². The van der Waals surface area contributed by atoms with Crippen molar-refractivity contribution in [3.05, 3.63) is 23.8 Å². The van der Waals surface area contributed by atoms with Crippen LogP contribution in [0.4, 0.5) is 0 Å². The monoisotopic (exact) mass is 269 g/mol. The van der Waals surface area contributed by atoms with Gasteiger partial charge >= 0.3 is 29.6 Å². The smallest absolute Gasteiger partial charge is 0.747 e. The summed E-state index contributed by atoms with van der Waals surface area (Å²) in [6, 6.07) is 3.48. The van der Waals surface area contributed by atoms with E-state index in [0.29, 0.717) is 0 Å². The van der Waals surface area contributed by atoms with Crippen molar-refractivity contribution in [3.8, 4) is 11.5 Å². The van der Waals surface area contributed by atoms with Crippen molar-refractivity contribution in [2.45, 2.75) is 5.25 Å². The van der Waals surface area contributed by atoms with E-state index in [1.165, 1.54) is 13.1 Å². The SMILES string of the molecule is CNCC(c1ccc(O)c(O)c1)S(=O)(=O)[O-].[Na+]. The number of rotatable bonds is 4. The minimum Gasteiger partial charge on any atom is -0.747 e. The Balaban J connectivity index is 0.00000256. The van der Waals surface area contributed by atoms with E-state index in [2.05, 4.69) is 5.32 Å². The second kappa shape index (κ2) is 6.58. The molecule has 1 atom stereocenters. The molecule has 0 amide bonds. The Morgan fingerprint density at radius 1 is 1.35 bits per heavy atom. The van der Waals surface area contributed by atoms with Gasteiger partial charge in [0.2, 0.25) is 0 Å². The van der Waals surface area contributed by atoms with Crippen molar-refractivity contribution in [2.75, 3.05) is 13.6 Å². The summed E-state index contributed by atoms with van der Waals surface area (Å²) in [5.74, 6) is -0.822. The number of nitrogens with one attached hydrogen (secondary N) is 1. The van der Waals surface area contributed by atoms with Crippen LogP contribution >= 0.6 is 0 Å².